The van der Waals surface area contributed by atoms with Gasteiger partial charge < -0.3 is 14.8 Å². The lowest BCUT2D eigenvalue weighted by Gasteiger charge is -2.11. The van der Waals surface area contributed by atoms with Gasteiger partial charge in [0.2, 0.25) is 5.91 Å². The lowest BCUT2D eigenvalue weighted by atomic mass is 10.2. The summed E-state index contributed by atoms with van der Waals surface area (Å²) in [5.74, 6) is 0.790. The third-order valence-electron chi connectivity index (χ3n) is 2.64. The van der Waals surface area contributed by atoms with Crippen molar-refractivity contribution in [3.05, 3.63) is 30.3 Å². The monoisotopic (exact) mass is 235 g/mol. The summed E-state index contributed by atoms with van der Waals surface area (Å²) in [6, 6.07) is 9.55. The summed E-state index contributed by atoms with van der Waals surface area (Å²) in [6.07, 6.45) is 1.54. The van der Waals surface area contributed by atoms with Crippen molar-refractivity contribution in [3.8, 4) is 5.75 Å². The molecule has 92 valence electrons. The maximum absolute atomic E-state index is 11.6. The van der Waals surface area contributed by atoms with E-state index in [9.17, 15) is 4.79 Å². The molecule has 1 heterocycles. The molecule has 1 aromatic carbocycles. The van der Waals surface area contributed by atoms with E-state index in [1.54, 1.807) is 0 Å². The van der Waals surface area contributed by atoms with Gasteiger partial charge in [0.25, 0.3) is 0 Å². The molecule has 0 spiro atoms. The summed E-state index contributed by atoms with van der Waals surface area (Å²) in [6.45, 7) is 1.68. The Morgan fingerprint density at radius 2 is 2.24 bits per heavy atom. The van der Waals surface area contributed by atoms with E-state index in [-0.39, 0.29) is 12.0 Å². The minimum absolute atomic E-state index is 0.0286. The van der Waals surface area contributed by atoms with Crippen LogP contribution in [0.1, 0.15) is 12.8 Å². The fourth-order valence-corrected chi connectivity index (χ4v) is 1.76. The summed E-state index contributed by atoms with van der Waals surface area (Å²) in [7, 11) is 0. The molecule has 4 nitrogen and oxygen atoms in total. The zero-order chi connectivity index (χ0) is 11.9. The molecule has 1 amide bonds. The second kappa shape index (κ2) is 6.25. The Hall–Kier alpha value is -1.55. The number of hydrogen-bond acceptors (Lipinski definition) is 3. The molecule has 1 aromatic rings. The van der Waals surface area contributed by atoms with E-state index in [0.29, 0.717) is 19.8 Å². The van der Waals surface area contributed by atoms with Gasteiger partial charge in [-0.15, -0.1) is 0 Å². The lowest BCUT2D eigenvalue weighted by molar-refractivity contribution is -0.130. The fraction of sp³-hybridized carbons (Fsp3) is 0.462. The van der Waals surface area contributed by atoms with Crippen LogP contribution in [0, 0.1) is 0 Å². The molecule has 1 aliphatic rings. The van der Waals surface area contributed by atoms with Crippen LogP contribution in [0.5, 0.6) is 5.75 Å². The number of para-hydroxylation sites is 1. The molecule has 1 saturated heterocycles. The number of rotatable bonds is 5. The number of benzene rings is 1. The molecule has 1 atom stereocenters. The fourth-order valence-electron chi connectivity index (χ4n) is 1.76. The van der Waals surface area contributed by atoms with E-state index < -0.39 is 0 Å². The first-order valence-corrected chi connectivity index (χ1v) is 5.93. The molecule has 2 rings (SSSR count). The first-order valence-electron chi connectivity index (χ1n) is 5.93. The number of carbonyl (C=O) groups is 1. The molecule has 1 aliphatic heterocycles. The van der Waals surface area contributed by atoms with E-state index in [0.717, 1.165) is 18.6 Å². The van der Waals surface area contributed by atoms with Gasteiger partial charge >= 0.3 is 0 Å². The van der Waals surface area contributed by atoms with Crippen molar-refractivity contribution >= 4 is 5.91 Å². The molecule has 1 fully saturated rings. The number of amides is 1. The van der Waals surface area contributed by atoms with Crippen LogP contribution in [-0.2, 0) is 9.53 Å². The standard InChI is InChI=1S/C13H17NO3/c15-13(12-7-4-9-17-12)14-8-10-16-11-5-2-1-3-6-11/h1-3,5-6,12H,4,7-10H2,(H,14,15). The third-order valence-corrected chi connectivity index (χ3v) is 2.64. The summed E-state index contributed by atoms with van der Waals surface area (Å²) in [5.41, 5.74) is 0. The number of nitrogens with one attached hydrogen (secondary N) is 1. The van der Waals surface area contributed by atoms with E-state index in [1.165, 1.54) is 0 Å². The van der Waals surface area contributed by atoms with Gasteiger partial charge in [-0.2, -0.15) is 0 Å². The van der Waals surface area contributed by atoms with Crippen molar-refractivity contribution < 1.29 is 14.3 Å². The van der Waals surface area contributed by atoms with Gasteiger partial charge in [-0.25, -0.2) is 0 Å². The van der Waals surface area contributed by atoms with Crippen LogP contribution < -0.4 is 10.1 Å². The molecule has 1 unspecified atom stereocenters. The van der Waals surface area contributed by atoms with Gasteiger partial charge in [-0.3, -0.25) is 4.79 Å². The van der Waals surface area contributed by atoms with Crippen LogP contribution in [0.4, 0.5) is 0 Å². The van der Waals surface area contributed by atoms with Crippen molar-refractivity contribution in [2.75, 3.05) is 19.8 Å². The maximum Gasteiger partial charge on any atom is 0.249 e. The summed E-state index contributed by atoms with van der Waals surface area (Å²) >= 11 is 0. The minimum Gasteiger partial charge on any atom is -0.492 e. The Balaban J connectivity index is 1.61. The third kappa shape index (κ3) is 3.75. The number of hydrogen-bond donors (Lipinski definition) is 1. The topological polar surface area (TPSA) is 47.6 Å². The van der Waals surface area contributed by atoms with Gasteiger partial charge in [0.1, 0.15) is 18.5 Å². The molecular formula is C13H17NO3. The van der Waals surface area contributed by atoms with Crippen LogP contribution in [-0.4, -0.2) is 31.8 Å². The highest BCUT2D eigenvalue weighted by atomic mass is 16.5. The molecule has 0 saturated carbocycles. The molecule has 0 radical (unpaired) electrons. The molecule has 0 aliphatic carbocycles. The normalized spacial score (nSPS) is 18.9. The predicted octanol–water partition coefficient (Wildman–Crippen LogP) is 1.36. The minimum atomic E-state index is -0.258. The Labute approximate surface area is 101 Å². The quantitative estimate of drug-likeness (QED) is 0.784. The predicted molar refractivity (Wildman–Crippen MR) is 63.9 cm³/mol. The average molecular weight is 235 g/mol. The largest absolute Gasteiger partial charge is 0.492 e. The van der Waals surface area contributed by atoms with Crippen LogP contribution in [0.15, 0.2) is 30.3 Å². The molecule has 1 N–H and O–H groups in total. The van der Waals surface area contributed by atoms with Crippen LogP contribution in [0.25, 0.3) is 0 Å². The van der Waals surface area contributed by atoms with Crippen molar-refractivity contribution in [3.63, 3.8) is 0 Å². The molecule has 0 aromatic heterocycles. The van der Waals surface area contributed by atoms with E-state index in [2.05, 4.69) is 5.32 Å². The zero-order valence-corrected chi connectivity index (χ0v) is 9.72. The second-order valence-corrected chi connectivity index (χ2v) is 3.95. The van der Waals surface area contributed by atoms with E-state index in [4.69, 9.17) is 9.47 Å². The van der Waals surface area contributed by atoms with Crippen LogP contribution in [0.3, 0.4) is 0 Å². The zero-order valence-electron chi connectivity index (χ0n) is 9.72. The highest BCUT2D eigenvalue weighted by Gasteiger charge is 2.22. The maximum atomic E-state index is 11.6. The van der Waals surface area contributed by atoms with E-state index >= 15 is 0 Å². The molecule has 4 heteroatoms. The summed E-state index contributed by atoms with van der Waals surface area (Å²) in [4.78, 5) is 11.6. The van der Waals surface area contributed by atoms with Gasteiger partial charge in [-0.05, 0) is 25.0 Å². The Morgan fingerprint density at radius 3 is 2.94 bits per heavy atom. The van der Waals surface area contributed by atoms with Gasteiger partial charge in [0.05, 0.1) is 6.54 Å². The number of ether oxygens (including phenoxy) is 2. The van der Waals surface area contributed by atoms with E-state index in [1.807, 2.05) is 30.3 Å². The van der Waals surface area contributed by atoms with Gasteiger partial charge in [0.15, 0.2) is 0 Å². The number of carbonyl (C=O) groups excluding carboxylic acids is 1. The van der Waals surface area contributed by atoms with Crippen LogP contribution >= 0.6 is 0 Å². The molecule has 0 bridgehead atoms. The Kier molecular flexibility index (Phi) is 4.38. The van der Waals surface area contributed by atoms with Crippen molar-refractivity contribution in [2.24, 2.45) is 0 Å². The summed E-state index contributed by atoms with van der Waals surface area (Å²) in [5, 5.41) is 2.81. The van der Waals surface area contributed by atoms with Gasteiger partial charge in [0, 0.05) is 6.61 Å². The first-order chi connectivity index (χ1) is 8.36. The smallest absolute Gasteiger partial charge is 0.249 e. The summed E-state index contributed by atoms with van der Waals surface area (Å²) < 4.78 is 10.7. The second-order valence-electron chi connectivity index (χ2n) is 3.95. The van der Waals surface area contributed by atoms with Gasteiger partial charge in [-0.1, -0.05) is 18.2 Å². The molecular weight excluding hydrogens is 218 g/mol. The Morgan fingerprint density at radius 1 is 1.41 bits per heavy atom. The first kappa shape index (κ1) is 11.9. The lowest BCUT2D eigenvalue weighted by Crippen LogP contribution is -2.36. The van der Waals surface area contributed by atoms with Crippen molar-refractivity contribution in [1.82, 2.24) is 5.32 Å². The van der Waals surface area contributed by atoms with Crippen LogP contribution in [0.2, 0.25) is 0 Å². The SMILES string of the molecule is O=C(NCCOc1ccccc1)C1CCCO1. The van der Waals surface area contributed by atoms with Crippen molar-refractivity contribution in [2.45, 2.75) is 18.9 Å². The average Bonchev–Trinajstić information content (AvgIpc) is 2.89. The Bertz CT molecular complexity index is 347. The highest BCUT2D eigenvalue weighted by molar-refractivity contribution is 5.80. The highest BCUT2D eigenvalue weighted by Crippen LogP contribution is 2.11. The molecule has 17 heavy (non-hydrogen) atoms. The van der Waals surface area contributed by atoms with Crippen molar-refractivity contribution in [1.29, 1.82) is 0 Å².